The lowest BCUT2D eigenvalue weighted by Crippen LogP contribution is -2.35. The van der Waals surface area contributed by atoms with Gasteiger partial charge in [-0.3, -0.25) is 0 Å². The summed E-state index contributed by atoms with van der Waals surface area (Å²) >= 11 is 0. The molecular weight excluding hydrogens is 244 g/mol. The lowest BCUT2D eigenvalue weighted by atomic mass is 9.94. The van der Waals surface area contributed by atoms with Crippen molar-refractivity contribution in [1.82, 2.24) is 9.97 Å². The van der Waals surface area contributed by atoms with Gasteiger partial charge in [-0.25, -0.2) is 4.98 Å². The van der Waals surface area contributed by atoms with Gasteiger partial charge in [0.15, 0.2) is 5.82 Å². The molecule has 0 amide bonds. The summed E-state index contributed by atoms with van der Waals surface area (Å²) in [7, 11) is 0. The van der Waals surface area contributed by atoms with Gasteiger partial charge >= 0.3 is 0 Å². The van der Waals surface area contributed by atoms with Crippen LogP contribution in [-0.2, 0) is 0 Å². The first-order valence-corrected chi connectivity index (χ1v) is 6.55. The zero-order valence-corrected chi connectivity index (χ0v) is 12.1. The average molecular weight is 268 g/mol. The first kappa shape index (κ1) is 15.5. The smallest absolute Gasteiger partial charge is 0.242 e. The monoisotopic (exact) mass is 268 g/mol. The Morgan fingerprint density at radius 2 is 2.16 bits per heavy atom. The minimum Gasteiger partial charge on any atom is -0.476 e. The molecule has 0 aromatic carbocycles. The molecule has 0 fully saturated rings. The second-order valence-electron chi connectivity index (χ2n) is 5.32. The Kier molecular flexibility index (Phi) is 5.35. The van der Waals surface area contributed by atoms with Crippen LogP contribution in [0.15, 0.2) is 6.33 Å². The second kappa shape index (κ2) is 6.56. The van der Waals surface area contributed by atoms with Crippen molar-refractivity contribution in [2.75, 3.05) is 24.2 Å². The summed E-state index contributed by atoms with van der Waals surface area (Å²) in [5.74, 6) is 1.27. The summed E-state index contributed by atoms with van der Waals surface area (Å²) in [4.78, 5) is 8.03. The third-order valence-electron chi connectivity index (χ3n) is 2.61. The summed E-state index contributed by atoms with van der Waals surface area (Å²) in [6, 6.07) is 0. The van der Waals surface area contributed by atoms with E-state index in [-0.39, 0.29) is 0 Å². The standard InChI is InChI=1S/C13H24N4O2/c1-5-19-12-10(14)11(16-8-17-12)15-7-13(4,18)6-9(2)3/h8-9,18H,5-7,14H2,1-4H3,(H,15,16,17). The Labute approximate surface area is 114 Å². The van der Waals surface area contributed by atoms with Crippen molar-refractivity contribution in [3.63, 3.8) is 0 Å². The Morgan fingerprint density at radius 1 is 1.47 bits per heavy atom. The number of aromatic nitrogens is 2. The van der Waals surface area contributed by atoms with Gasteiger partial charge in [-0.1, -0.05) is 13.8 Å². The van der Waals surface area contributed by atoms with E-state index in [1.54, 1.807) is 6.92 Å². The van der Waals surface area contributed by atoms with Gasteiger partial charge in [-0.05, 0) is 26.2 Å². The third-order valence-corrected chi connectivity index (χ3v) is 2.61. The highest BCUT2D eigenvalue weighted by molar-refractivity contribution is 5.66. The Morgan fingerprint density at radius 3 is 2.74 bits per heavy atom. The number of hydrogen-bond donors (Lipinski definition) is 3. The number of nitrogens with one attached hydrogen (secondary N) is 1. The van der Waals surface area contributed by atoms with Crippen molar-refractivity contribution in [3.8, 4) is 5.88 Å². The number of aliphatic hydroxyl groups is 1. The maximum Gasteiger partial charge on any atom is 0.242 e. The number of nitrogens with zero attached hydrogens (tertiary/aromatic N) is 2. The molecule has 4 N–H and O–H groups in total. The first-order chi connectivity index (χ1) is 8.85. The number of nitrogens with two attached hydrogens (primary N) is 1. The number of hydrogen-bond acceptors (Lipinski definition) is 6. The molecule has 0 aliphatic carbocycles. The first-order valence-electron chi connectivity index (χ1n) is 6.55. The molecule has 0 aliphatic heterocycles. The quantitative estimate of drug-likeness (QED) is 0.696. The number of nitrogen functional groups attached to an aromatic ring is 1. The number of anilines is 2. The molecule has 0 radical (unpaired) electrons. The van der Waals surface area contributed by atoms with E-state index in [1.807, 2.05) is 6.92 Å². The normalized spacial score (nSPS) is 14.2. The SMILES string of the molecule is CCOc1ncnc(NCC(C)(O)CC(C)C)c1N. The van der Waals surface area contributed by atoms with Crippen LogP contribution in [-0.4, -0.2) is 33.8 Å². The van der Waals surface area contributed by atoms with Gasteiger partial charge < -0.3 is 20.9 Å². The molecule has 0 saturated carbocycles. The fraction of sp³-hybridized carbons (Fsp3) is 0.692. The largest absolute Gasteiger partial charge is 0.476 e. The molecular formula is C13H24N4O2. The van der Waals surface area contributed by atoms with Crippen molar-refractivity contribution < 1.29 is 9.84 Å². The highest BCUT2D eigenvalue weighted by Crippen LogP contribution is 2.25. The van der Waals surface area contributed by atoms with Gasteiger partial charge in [0.1, 0.15) is 12.0 Å². The Hall–Kier alpha value is -1.56. The zero-order chi connectivity index (χ0) is 14.5. The lowest BCUT2D eigenvalue weighted by Gasteiger charge is -2.26. The molecule has 0 bridgehead atoms. The van der Waals surface area contributed by atoms with Crippen molar-refractivity contribution in [2.24, 2.45) is 5.92 Å². The maximum absolute atomic E-state index is 10.2. The lowest BCUT2D eigenvalue weighted by molar-refractivity contribution is 0.0515. The fourth-order valence-corrected chi connectivity index (χ4v) is 2.00. The van der Waals surface area contributed by atoms with Gasteiger partial charge in [0.2, 0.25) is 5.88 Å². The van der Waals surface area contributed by atoms with Crippen molar-refractivity contribution in [2.45, 2.75) is 39.7 Å². The van der Waals surface area contributed by atoms with E-state index in [1.165, 1.54) is 6.33 Å². The fourth-order valence-electron chi connectivity index (χ4n) is 2.00. The van der Waals surface area contributed by atoms with E-state index in [0.717, 1.165) is 0 Å². The average Bonchev–Trinajstić information content (AvgIpc) is 2.29. The summed E-state index contributed by atoms with van der Waals surface area (Å²) in [6.07, 6.45) is 2.09. The highest BCUT2D eigenvalue weighted by atomic mass is 16.5. The summed E-state index contributed by atoms with van der Waals surface area (Å²) < 4.78 is 5.30. The van der Waals surface area contributed by atoms with E-state index >= 15 is 0 Å². The minimum atomic E-state index is -0.808. The van der Waals surface area contributed by atoms with Crippen molar-refractivity contribution in [3.05, 3.63) is 6.33 Å². The highest BCUT2D eigenvalue weighted by Gasteiger charge is 2.22. The van der Waals surface area contributed by atoms with E-state index in [9.17, 15) is 5.11 Å². The molecule has 19 heavy (non-hydrogen) atoms. The van der Waals surface area contributed by atoms with Gasteiger partial charge in [-0.2, -0.15) is 4.98 Å². The van der Waals surface area contributed by atoms with Gasteiger partial charge in [0.05, 0.1) is 12.2 Å². The van der Waals surface area contributed by atoms with Crippen molar-refractivity contribution >= 4 is 11.5 Å². The zero-order valence-electron chi connectivity index (χ0n) is 12.1. The molecule has 1 aromatic rings. The molecule has 108 valence electrons. The molecule has 1 aromatic heterocycles. The van der Waals surface area contributed by atoms with Crippen LogP contribution >= 0.6 is 0 Å². The predicted molar refractivity (Wildman–Crippen MR) is 76.2 cm³/mol. The molecule has 1 rings (SSSR count). The van der Waals surface area contributed by atoms with Gasteiger partial charge in [0.25, 0.3) is 0 Å². The summed E-state index contributed by atoms with van der Waals surface area (Å²) in [5, 5.41) is 13.3. The Bertz CT molecular complexity index is 408. The van der Waals surface area contributed by atoms with Crippen LogP contribution in [0, 0.1) is 5.92 Å². The van der Waals surface area contributed by atoms with Crippen LogP contribution in [0.2, 0.25) is 0 Å². The van der Waals surface area contributed by atoms with Crippen LogP contribution in [0.5, 0.6) is 5.88 Å². The summed E-state index contributed by atoms with van der Waals surface area (Å²) in [5.41, 5.74) is 5.46. The molecule has 6 nitrogen and oxygen atoms in total. The van der Waals surface area contributed by atoms with Gasteiger partial charge in [-0.15, -0.1) is 0 Å². The van der Waals surface area contributed by atoms with Gasteiger partial charge in [0, 0.05) is 6.54 Å². The maximum atomic E-state index is 10.2. The van der Waals surface area contributed by atoms with Crippen LogP contribution in [0.1, 0.15) is 34.1 Å². The predicted octanol–water partition coefficient (Wildman–Crippen LogP) is 1.67. The summed E-state index contributed by atoms with van der Waals surface area (Å²) in [6.45, 7) is 8.66. The minimum absolute atomic E-state index is 0.364. The molecule has 1 unspecified atom stereocenters. The molecule has 0 aliphatic rings. The van der Waals surface area contributed by atoms with Crippen molar-refractivity contribution in [1.29, 1.82) is 0 Å². The van der Waals surface area contributed by atoms with E-state index in [4.69, 9.17) is 10.5 Å². The molecule has 1 heterocycles. The molecule has 6 heteroatoms. The van der Waals surface area contributed by atoms with Crippen LogP contribution in [0.4, 0.5) is 11.5 Å². The van der Waals surface area contributed by atoms with Crippen LogP contribution in [0.25, 0.3) is 0 Å². The topological polar surface area (TPSA) is 93.3 Å². The van der Waals surface area contributed by atoms with Crippen LogP contribution < -0.4 is 15.8 Å². The van der Waals surface area contributed by atoms with E-state index < -0.39 is 5.60 Å². The Balaban J connectivity index is 2.70. The number of ether oxygens (including phenoxy) is 1. The molecule has 1 atom stereocenters. The molecule has 0 saturated heterocycles. The van der Waals surface area contributed by atoms with E-state index in [0.29, 0.717) is 42.9 Å². The second-order valence-corrected chi connectivity index (χ2v) is 5.32. The van der Waals surface area contributed by atoms with E-state index in [2.05, 4.69) is 29.1 Å². The molecule has 0 spiro atoms. The number of rotatable bonds is 7. The van der Waals surface area contributed by atoms with Crippen LogP contribution in [0.3, 0.4) is 0 Å². The third kappa shape index (κ3) is 4.90.